The zero-order valence-electron chi connectivity index (χ0n) is 7.94. The number of rotatable bonds is 6. The number of carbonyl (C=O) groups is 1. The van der Waals surface area contributed by atoms with Gasteiger partial charge in [0.2, 0.25) is 0 Å². The molecule has 15 heavy (non-hydrogen) atoms. The first-order valence-electron chi connectivity index (χ1n) is 4.45. The summed E-state index contributed by atoms with van der Waals surface area (Å²) >= 11 is 4.69. The molecule has 1 aromatic heterocycles. The standard InChI is InChI=1S/C9H12BrNO3S/c10-8-2-1-7(15-8)6(12)3-4-11-5-9(13)14/h1-2,9,11,13-14H,3-5H2. The van der Waals surface area contributed by atoms with Gasteiger partial charge in [0.05, 0.1) is 8.66 Å². The minimum Gasteiger partial charge on any atom is -0.367 e. The summed E-state index contributed by atoms with van der Waals surface area (Å²) in [6.45, 7) is 0.535. The highest BCUT2D eigenvalue weighted by Gasteiger charge is 2.08. The zero-order valence-corrected chi connectivity index (χ0v) is 10.3. The van der Waals surface area contributed by atoms with Gasteiger partial charge in [-0.05, 0) is 28.1 Å². The van der Waals surface area contributed by atoms with E-state index < -0.39 is 6.29 Å². The molecule has 0 amide bonds. The number of nitrogens with one attached hydrogen (secondary N) is 1. The summed E-state index contributed by atoms with van der Waals surface area (Å²) in [5.74, 6) is 0.0608. The van der Waals surface area contributed by atoms with Gasteiger partial charge in [-0.25, -0.2) is 0 Å². The predicted molar refractivity (Wildman–Crippen MR) is 62.1 cm³/mol. The summed E-state index contributed by atoms with van der Waals surface area (Å²) in [5.41, 5.74) is 0. The number of halogens is 1. The molecular formula is C9H12BrNO3S. The van der Waals surface area contributed by atoms with Crippen LogP contribution < -0.4 is 5.32 Å². The van der Waals surface area contributed by atoms with Crippen molar-refractivity contribution < 1.29 is 15.0 Å². The highest BCUT2D eigenvalue weighted by Crippen LogP contribution is 2.22. The Kier molecular flexibility index (Phi) is 5.41. The lowest BCUT2D eigenvalue weighted by molar-refractivity contribution is -0.0370. The number of ketones is 1. The van der Waals surface area contributed by atoms with Gasteiger partial charge in [-0.15, -0.1) is 11.3 Å². The van der Waals surface area contributed by atoms with Gasteiger partial charge in [-0.2, -0.15) is 0 Å². The Labute approximate surface area is 100 Å². The predicted octanol–water partition coefficient (Wildman–Crippen LogP) is 0.984. The van der Waals surface area contributed by atoms with Crippen LogP contribution >= 0.6 is 27.3 Å². The zero-order chi connectivity index (χ0) is 11.3. The van der Waals surface area contributed by atoms with E-state index in [0.29, 0.717) is 17.8 Å². The molecular weight excluding hydrogens is 282 g/mol. The summed E-state index contributed by atoms with van der Waals surface area (Å²) in [6, 6.07) is 3.61. The van der Waals surface area contributed by atoms with Gasteiger partial charge in [-0.3, -0.25) is 4.79 Å². The van der Waals surface area contributed by atoms with E-state index in [1.807, 2.05) is 6.07 Å². The molecule has 84 valence electrons. The van der Waals surface area contributed by atoms with Crippen LogP contribution in [0.1, 0.15) is 16.1 Å². The Hall–Kier alpha value is -0.270. The Morgan fingerprint density at radius 3 is 2.80 bits per heavy atom. The largest absolute Gasteiger partial charge is 0.367 e. The summed E-state index contributed by atoms with van der Waals surface area (Å²) in [6.07, 6.45) is -1.00. The van der Waals surface area contributed by atoms with Crippen molar-refractivity contribution in [2.75, 3.05) is 13.1 Å². The molecule has 4 nitrogen and oxygen atoms in total. The number of aliphatic hydroxyl groups excluding tert-OH is 1. The van der Waals surface area contributed by atoms with E-state index in [4.69, 9.17) is 10.2 Å². The molecule has 0 fully saturated rings. The van der Waals surface area contributed by atoms with Crippen LogP contribution in [0.3, 0.4) is 0 Å². The molecule has 0 saturated heterocycles. The van der Waals surface area contributed by atoms with Gasteiger partial charge in [0.1, 0.15) is 0 Å². The fourth-order valence-electron chi connectivity index (χ4n) is 1.02. The lowest BCUT2D eigenvalue weighted by atomic mass is 10.2. The van der Waals surface area contributed by atoms with E-state index in [9.17, 15) is 4.79 Å². The summed E-state index contributed by atoms with van der Waals surface area (Å²) < 4.78 is 0.935. The van der Waals surface area contributed by atoms with Crippen molar-refractivity contribution in [2.45, 2.75) is 12.7 Å². The molecule has 0 aliphatic carbocycles. The second-order valence-electron chi connectivity index (χ2n) is 2.96. The van der Waals surface area contributed by atoms with E-state index in [-0.39, 0.29) is 12.3 Å². The summed E-state index contributed by atoms with van der Waals surface area (Å²) in [5, 5.41) is 19.8. The maximum absolute atomic E-state index is 11.5. The fourth-order valence-corrected chi connectivity index (χ4v) is 2.37. The minimum absolute atomic E-state index is 0.0608. The van der Waals surface area contributed by atoms with Crippen LogP contribution in [0.5, 0.6) is 0 Å². The molecule has 0 spiro atoms. The maximum Gasteiger partial charge on any atom is 0.174 e. The van der Waals surface area contributed by atoms with Gasteiger partial charge in [0.15, 0.2) is 12.1 Å². The first-order chi connectivity index (χ1) is 7.09. The molecule has 3 N–H and O–H groups in total. The van der Waals surface area contributed by atoms with Crippen molar-refractivity contribution in [3.05, 3.63) is 20.8 Å². The van der Waals surface area contributed by atoms with E-state index >= 15 is 0 Å². The molecule has 0 bridgehead atoms. The van der Waals surface area contributed by atoms with E-state index in [0.717, 1.165) is 3.79 Å². The van der Waals surface area contributed by atoms with E-state index in [2.05, 4.69) is 21.2 Å². The third kappa shape index (κ3) is 4.85. The van der Waals surface area contributed by atoms with Crippen LogP contribution in [0.2, 0.25) is 0 Å². The first kappa shape index (κ1) is 12.8. The normalized spacial score (nSPS) is 10.9. The minimum atomic E-state index is -1.36. The van der Waals surface area contributed by atoms with Crippen LogP contribution in [-0.2, 0) is 0 Å². The fraction of sp³-hybridized carbons (Fsp3) is 0.444. The topological polar surface area (TPSA) is 69.6 Å². The first-order valence-corrected chi connectivity index (χ1v) is 6.06. The van der Waals surface area contributed by atoms with Crippen LogP contribution in [-0.4, -0.2) is 35.4 Å². The Morgan fingerprint density at radius 1 is 1.53 bits per heavy atom. The Morgan fingerprint density at radius 2 is 2.27 bits per heavy atom. The molecule has 0 atom stereocenters. The number of hydrogen-bond acceptors (Lipinski definition) is 5. The van der Waals surface area contributed by atoms with Crippen LogP contribution in [0, 0.1) is 0 Å². The number of thiophene rings is 1. The van der Waals surface area contributed by atoms with E-state index in [1.54, 1.807) is 6.07 Å². The Bertz CT molecular complexity index is 327. The molecule has 0 radical (unpaired) electrons. The SMILES string of the molecule is O=C(CCNCC(O)O)c1ccc(Br)s1. The molecule has 0 aliphatic heterocycles. The van der Waals surface area contributed by atoms with Crippen LogP contribution in [0.15, 0.2) is 15.9 Å². The quantitative estimate of drug-likeness (QED) is 0.416. The van der Waals surface area contributed by atoms with Crippen molar-refractivity contribution in [3.63, 3.8) is 0 Å². The average Bonchev–Trinajstić information content (AvgIpc) is 2.59. The van der Waals surface area contributed by atoms with Crippen molar-refractivity contribution in [2.24, 2.45) is 0 Å². The molecule has 0 saturated carbocycles. The molecule has 1 heterocycles. The van der Waals surface area contributed by atoms with Crippen molar-refractivity contribution in [3.8, 4) is 0 Å². The lowest BCUT2D eigenvalue weighted by Crippen LogP contribution is -2.28. The second-order valence-corrected chi connectivity index (χ2v) is 5.42. The highest BCUT2D eigenvalue weighted by atomic mass is 79.9. The van der Waals surface area contributed by atoms with Gasteiger partial charge in [0, 0.05) is 19.5 Å². The third-order valence-electron chi connectivity index (χ3n) is 1.70. The lowest BCUT2D eigenvalue weighted by Gasteiger charge is -2.04. The van der Waals surface area contributed by atoms with Crippen LogP contribution in [0.25, 0.3) is 0 Å². The summed E-state index contributed by atoms with van der Waals surface area (Å²) in [4.78, 5) is 12.2. The van der Waals surface area contributed by atoms with Crippen molar-refractivity contribution in [1.82, 2.24) is 5.32 Å². The number of Topliss-reactive ketones (excluding diaryl/α,β-unsaturated/α-hetero) is 1. The maximum atomic E-state index is 11.5. The second kappa shape index (κ2) is 6.34. The Balaban J connectivity index is 2.25. The van der Waals surface area contributed by atoms with Gasteiger partial charge < -0.3 is 15.5 Å². The molecule has 1 rings (SSSR count). The third-order valence-corrected chi connectivity index (χ3v) is 3.37. The number of hydrogen-bond donors (Lipinski definition) is 3. The molecule has 0 unspecified atom stereocenters. The van der Waals surface area contributed by atoms with E-state index in [1.165, 1.54) is 11.3 Å². The van der Waals surface area contributed by atoms with Crippen LogP contribution in [0.4, 0.5) is 0 Å². The van der Waals surface area contributed by atoms with Gasteiger partial charge >= 0.3 is 0 Å². The van der Waals surface area contributed by atoms with Crippen molar-refractivity contribution in [1.29, 1.82) is 0 Å². The molecule has 0 aliphatic rings. The number of carbonyl (C=O) groups excluding carboxylic acids is 1. The number of aliphatic hydroxyl groups is 2. The van der Waals surface area contributed by atoms with Crippen molar-refractivity contribution >= 4 is 33.0 Å². The average molecular weight is 294 g/mol. The monoisotopic (exact) mass is 293 g/mol. The highest BCUT2D eigenvalue weighted by molar-refractivity contribution is 9.11. The molecule has 0 aromatic carbocycles. The molecule has 6 heteroatoms. The van der Waals surface area contributed by atoms with Gasteiger partial charge in [0.25, 0.3) is 0 Å². The van der Waals surface area contributed by atoms with Gasteiger partial charge in [-0.1, -0.05) is 0 Å². The molecule has 1 aromatic rings. The summed E-state index contributed by atoms with van der Waals surface area (Å²) in [7, 11) is 0. The smallest absolute Gasteiger partial charge is 0.174 e.